The smallest absolute Gasteiger partial charge is 0.208 e. The summed E-state index contributed by atoms with van der Waals surface area (Å²) in [5.41, 5.74) is 4.91. The molecule has 3 saturated heterocycles. The van der Waals surface area contributed by atoms with Gasteiger partial charge in [0.05, 0.1) is 46.4 Å². The molecule has 2 atom stereocenters. The fourth-order valence-electron chi connectivity index (χ4n) is 4.41. The number of nitriles is 1. The summed E-state index contributed by atoms with van der Waals surface area (Å²) in [7, 11) is 0. The summed E-state index contributed by atoms with van der Waals surface area (Å²) >= 11 is 1.59. The molecular formula is C23H22N8OS. The van der Waals surface area contributed by atoms with Crippen molar-refractivity contribution >= 4 is 27.7 Å². The van der Waals surface area contributed by atoms with Crippen LogP contribution in [0.3, 0.4) is 0 Å². The zero-order valence-corrected chi connectivity index (χ0v) is 19.1. The molecular weight excluding hydrogens is 436 g/mol. The van der Waals surface area contributed by atoms with Crippen molar-refractivity contribution in [1.82, 2.24) is 24.8 Å². The van der Waals surface area contributed by atoms with Crippen molar-refractivity contribution in [2.24, 2.45) is 0 Å². The molecule has 2 unspecified atom stereocenters. The highest BCUT2D eigenvalue weighted by Gasteiger charge is 2.39. The summed E-state index contributed by atoms with van der Waals surface area (Å²) in [5, 5.41) is 27.8. The van der Waals surface area contributed by atoms with E-state index < -0.39 is 0 Å². The lowest BCUT2D eigenvalue weighted by atomic mass is 9.99. The van der Waals surface area contributed by atoms with Crippen LogP contribution in [0.25, 0.3) is 27.5 Å². The van der Waals surface area contributed by atoms with E-state index in [1.807, 2.05) is 30.5 Å². The lowest BCUT2D eigenvalue weighted by Gasteiger charge is -2.46. The first-order chi connectivity index (χ1) is 16.1. The molecule has 10 heteroatoms. The molecule has 0 aliphatic carbocycles. The summed E-state index contributed by atoms with van der Waals surface area (Å²) < 4.78 is 7.55. The molecule has 33 heavy (non-hydrogen) atoms. The van der Waals surface area contributed by atoms with E-state index >= 15 is 0 Å². The third kappa shape index (κ3) is 3.59. The number of nitrogens with zero attached hydrogens (tertiary/aromatic N) is 7. The molecule has 0 amide bonds. The molecule has 9 nitrogen and oxygen atoms in total. The number of anilines is 2. The first-order valence-corrected chi connectivity index (χ1v) is 11.8. The molecule has 0 radical (unpaired) electrons. The van der Waals surface area contributed by atoms with Crippen LogP contribution >= 0.6 is 11.3 Å². The maximum absolute atomic E-state index is 9.14. The monoisotopic (exact) mass is 458 g/mol. The van der Waals surface area contributed by atoms with E-state index in [4.69, 9.17) is 15.0 Å². The Bertz CT molecular complexity index is 1370. The zero-order valence-electron chi connectivity index (χ0n) is 18.3. The largest absolute Gasteiger partial charge is 0.382 e. The number of rotatable bonds is 5. The number of fused-ring (bicyclic) bond motifs is 3. The predicted octanol–water partition coefficient (Wildman–Crippen LogP) is 3.58. The molecule has 3 aliphatic heterocycles. The lowest BCUT2D eigenvalue weighted by Crippen LogP contribution is -2.57. The molecule has 7 heterocycles. The Morgan fingerprint density at radius 1 is 1.18 bits per heavy atom. The maximum Gasteiger partial charge on any atom is 0.208 e. The van der Waals surface area contributed by atoms with Crippen molar-refractivity contribution in [2.75, 3.05) is 23.3 Å². The minimum absolute atomic E-state index is 0.234. The SMILES string of the molecule is CC(C)Nc1cc(-c2ccc3cc(C#N)cnn23)ncc1-c1nnc(N2CC3CC(C2)O3)s1. The summed E-state index contributed by atoms with van der Waals surface area (Å²) in [4.78, 5) is 7.01. The second-order valence-corrected chi connectivity index (χ2v) is 9.69. The quantitative estimate of drug-likeness (QED) is 0.484. The summed E-state index contributed by atoms with van der Waals surface area (Å²) in [6.45, 7) is 5.96. The van der Waals surface area contributed by atoms with Crippen LogP contribution in [0, 0.1) is 11.3 Å². The van der Waals surface area contributed by atoms with Gasteiger partial charge in [0.25, 0.3) is 0 Å². The van der Waals surface area contributed by atoms with Gasteiger partial charge in [0, 0.05) is 37.4 Å². The Kier molecular flexibility index (Phi) is 4.74. The van der Waals surface area contributed by atoms with Crippen LogP contribution in [0.2, 0.25) is 0 Å². The van der Waals surface area contributed by atoms with E-state index in [0.29, 0.717) is 17.8 Å². The Morgan fingerprint density at radius 3 is 2.76 bits per heavy atom. The topological polar surface area (TPSA) is 104 Å². The molecule has 0 aromatic carbocycles. The van der Waals surface area contributed by atoms with Crippen molar-refractivity contribution in [2.45, 2.75) is 38.5 Å². The van der Waals surface area contributed by atoms with Crippen LogP contribution in [0.4, 0.5) is 10.8 Å². The molecule has 7 rings (SSSR count). The van der Waals surface area contributed by atoms with Gasteiger partial charge in [-0.05, 0) is 38.1 Å². The van der Waals surface area contributed by atoms with Crippen molar-refractivity contribution in [3.8, 4) is 28.0 Å². The van der Waals surface area contributed by atoms with Crippen LogP contribution in [0.15, 0.2) is 36.7 Å². The van der Waals surface area contributed by atoms with Gasteiger partial charge in [0.2, 0.25) is 5.13 Å². The van der Waals surface area contributed by atoms with Crippen molar-refractivity contribution in [1.29, 1.82) is 5.26 Å². The van der Waals surface area contributed by atoms with E-state index in [2.05, 4.69) is 45.4 Å². The Hall–Kier alpha value is -3.55. The van der Waals surface area contributed by atoms with E-state index in [1.54, 1.807) is 22.0 Å². The number of aromatic nitrogens is 5. The highest BCUT2D eigenvalue weighted by atomic mass is 32.1. The van der Waals surface area contributed by atoms with Crippen molar-refractivity contribution in [3.63, 3.8) is 0 Å². The minimum Gasteiger partial charge on any atom is -0.382 e. The molecule has 166 valence electrons. The number of pyridine rings is 1. The molecule has 4 aromatic heterocycles. The minimum atomic E-state index is 0.234. The van der Waals surface area contributed by atoms with Crippen LogP contribution < -0.4 is 10.2 Å². The highest BCUT2D eigenvalue weighted by molar-refractivity contribution is 7.18. The number of hydrogen-bond donors (Lipinski definition) is 1. The van der Waals surface area contributed by atoms with Gasteiger partial charge >= 0.3 is 0 Å². The molecule has 3 aliphatic rings. The fourth-order valence-corrected chi connectivity index (χ4v) is 5.30. The first kappa shape index (κ1) is 20.1. The normalized spacial score (nSPS) is 19.5. The lowest BCUT2D eigenvalue weighted by molar-refractivity contribution is -0.133. The van der Waals surface area contributed by atoms with E-state index in [9.17, 15) is 0 Å². The summed E-state index contributed by atoms with van der Waals surface area (Å²) in [6.07, 6.45) is 5.22. The average molecular weight is 459 g/mol. The van der Waals surface area contributed by atoms with Gasteiger partial charge in [-0.1, -0.05) is 11.3 Å². The Labute approximate surface area is 194 Å². The van der Waals surface area contributed by atoms with E-state index in [-0.39, 0.29) is 6.04 Å². The second kappa shape index (κ2) is 7.79. The molecule has 1 N–H and O–H groups in total. The van der Waals surface area contributed by atoms with Gasteiger partial charge in [-0.3, -0.25) is 4.98 Å². The second-order valence-electron chi connectivity index (χ2n) is 8.74. The summed E-state index contributed by atoms with van der Waals surface area (Å²) in [6, 6.07) is 10.1. The number of hydrogen-bond acceptors (Lipinski definition) is 9. The molecule has 0 spiro atoms. The van der Waals surface area contributed by atoms with E-state index in [0.717, 1.165) is 57.8 Å². The van der Waals surface area contributed by atoms with Gasteiger partial charge in [0.1, 0.15) is 6.07 Å². The van der Waals surface area contributed by atoms with Crippen LogP contribution in [-0.4, -0.2) is 56.1 Å². The van der Waals surface area contributed by atoms with Crippen LogP contribution in [0.1, 0.15) is 25.8 Å². The number of nitrogens with one attached hydrogen (secondary N) is 1. The van der Waals surface area contributed by atoms with Gasteiger partial charge in [-0.25, -0.2) is 4.52 Å². The maximum atomic E-state index is 9.14. The zero-order chi connectivity index (χ0) is 22.5. The third-order valence-electron chi connectivity index (χ3n) is 5.91. The van der Waals surface area contributed by atoms with Crippen molar-refractivity contribution in [3.05, 3.63) is 42.2 Å². The fraction of sp³-hybridized carbons (Fsp3) is 0.348. The van der Waals surface area contributed by atoms with Gasteiger partial charge < -0.3 is 15.0 Å². The van der Waals surface area contributed by atoms with Crippen LogP contribution in [-0.2, 0) is 4.74 Å². The number of ether oxygens (including phenoxy) is 1. The number of piperidine rings is 1. The summed E-state index contributed by atoms with van der Waals surface area (Å²) in [5.74, 6) is 0. The standard InChI is InChI=1S/C23H22N8OS/c1-13(2)27-19-7-20(21-4-3-15-5-14(8-24)9-26-31(15)21)25-10-18(19)22-28-29-23(33-22)30-11-16-6-17(12-30)32-16/h3-5,7,9-10,13,16-17H,6,11-12H2,1-2H3,(H,25,27). The molecule has 4 aromatic rings. The van der Waals surface area contributed by atoms with Gasteiger partial charge in [-0.15, -0.1) is 10.2 Å². The number of morpholine rings is 1. The third-order valence-corrected chi connectivity index (χ3v) is 6.93. The van der Waals surface area contributed by atoms with Gasteiger partial charge in [-0.2, -0.15) is 10.4 Å². The highest BCUT2D eigenvalue weighted by Crippen LogP contribution is 2.38. The van der Waals surface area contributed by atoms with Crippen LogP contribution in [0.5, 0.6) is 0 Å². The molecule has 2 bridgehead atoms. The predicted molar refractivity (Wildman–Crippen MR) is 126 cm³/mol. The van der Waals surface area contributed by atoms with Gasteiger partial charge in [0.15, 0.2) is 5.01 Å². The molecule has 0 saturated carbocycles. The Balaban J connectivity index is 1.36. The van der Waals surface area contributed by atoms with Crippen molar-refractivity contribution < 1.29 is 4.74 Å². The molecule has 3 fully saturated rings. The Morgan fingerprint density at radius 2 is 2.00 bits per heavy atom. The average Bonchev–Trinajstić information content (AvgIpc) is 3.45. The van der Waals surface area contributed by atoms with E-state index in [1.165, 1.54) is 0 Å². The first-order valence-electron chi connectivity index (χ1n) is 11.0.